The Labute approximate surface area is 205 Å². The molecule has 2 aliphatic rings. The fraction of sp³-hybridized carbons (Fsp3) is 0.0857. The maximum Gasteiger partial charge on any atom is -0.00262 e. The highest BCUT2D eigenvalue weighted by molar-refractivity contribution is 6.21. The van der Waals surface area contributed by atoms with E-state index in [0.717, 1.165) is 5.92 Å². The zero-order valence-electron chi connectivity index (χ0n) is 19.4. The maximum absolute atomic E-state index is 2.47. The van der Waals surface area contributed by atoms with Crippen LogP contribution in [0.1, 0.15) is 29.4 Å². The molecule has 0 spiro atoms. The molecule has 0 N–H and O–H groups in total. The van der Waals surface area contributed by atoms with Gasteiger partial charge in [0.1, 0.15) is 0 Å². The van der Waals surface area contributed by atoms with Crippen LogP contribution in [0.4, 0.5) is 0 Å². The van der Waals surface area contributed by atoms with Crippen LogP contribution < -0.4 is 0 Å². The fourth-order valence-corrected chi connectivity index (χ4v) is 6.57. The van der Waals surface area contributed by atoms with Crippen molar-refractivity contribution in [1.82, 2.24) is 0 Å². The minimum atomic E-state index is 0.697. The third-order valence-electron chi connectivity index (χ3n) is 8.18. The van der Waals surface area contributed by atoms with Crippen molar-refractivity contribution in [2.24, 2.45) is 0 Å². The first-order chi connectivity index (χ1) is 17.4. The molecular weight excluding hydrogens is 420 g/mol. The molecule has 0 saturated heterocycles. The molecule has 0 nitrogen and oxygen atoms in total. The van der Waals surface area contributed by atoms with Crippen LogP contribution in [0.2, 0.25) is 0 Å². The summed E-state index contributed by atoms with van der Waals surface area (Å²) < 4.78 is 0. The Morgan fingerprint density at radius 3 is 1.57 bits per heavy atom. The summed E-state index contributed by atoms with van der Waals surface area (Å²) in [5.74, 6) is 1.42. The van der Waals surface area contributed by atoms with E-state index in [9.17, 15) is 0 Å². The number of hydrogen-bond donors (Lipinski definition) is 0. The molecule has 0 aromatic heterocycles. The predicted octanol–water partition coefficient (Wildman–Crippen LogP) is 9.58. The smallest absolute Gasteiger partial charge is 0.00262 e. The number of benzene rings is 6. The number of rotatable bonds is 2. The quantitative estimate of drug-likeness (QED) is 0.233. The average Bonchev–Trinajstić information content (AvgIpc) is 3.74. The van der Waals surface area contributed by atoms with Gasteiger partial charge in [0.2, 0.25) is 0 Å². The lowest BCUT2D eigenvalue weighted by Crippen LogP contribution is -1.99. The lowest BCUT2D eigenvalue weighted by Gasteiger charge is -2.22. The standard InChI is InChI=1S/C35H24/c1-2-10-22(11-3-1)34-27-14-6-8-16-29(27)35(30-17-9-7-15-28(30)34)23-18-19-26-31(20-23)24-12-4-5-13-25(24)32-21-33(26)32/h1-20,32-33H,21H2. The van der Waals surface area contributed by atoms with E-state index in [1.54, 1.807) is 0 Å². The summed E-state index contributed by atoms with van der Waals surface area (Å²) in [6.45, 7) is 0. The first kappa shape index (κ1) is 19.2. The van der Waals surface area contributed by atoms with Crippen LogP contribution in [-0.4, -0.2) is 0 Å². The second-order valence-electron chi connectivity index (χ2n) is 10.0. The second-order valence-corrected chi connectivity index (χ2v) is 10.0. The van der Waals surface area contributed by atoms with Crippen LogP contribution in [0.5, 0.6) is 0 Å². The van der Waals surface area contributed by atoms with Gasteiger partial charge in [-0.05, 0) is 90.4 Å². The SMILES string of the molecule is c1ccc(-c2c3ccccc3c(-c3ccc4c(c3)-c3ccccc3C3CC43)c3ccccc23)cc1. The van der Waals surface area contributed by atoms with Crippen molar-refractivity contribution in [2.45, 2.75) is 18.3 Å². The topological polar surface area (TPSA) is 0 Å². The van der Waals surface area contributed by atoms with Crippen molar-refractivity contribution >= 4 is 21.5 Å². The lowest BCUT2D eigenvalue weighted by atomic mass is 9.82. The maximum atomic E-state index is 2.47. The molecule has 6 aromatic rings. The summed E-state index contributed by atoms with van der Waals surface area (Å²) >= 11 is 0. The minimum Gasteiger partial charge on any atom is -0.0622 e. The summed E-state index contributed by atoms with van der Waals surface area (Å²) in [6, 6.07) is 45.0. The molecule has 0 heterocycles. The van der Waals surface area contributed by atoms with E-state index in [-0.39, 0.29) is 0 Å². The summed E-state index contributed by atoms with van der Waals surface area (Å²) in [6.07, 6.45) is 1.29. The highest BCUT2D eigenvalue weighted by atomic mass is 14.5. The molecule has 164 valence electrons. The van der Waals surface area contributed by atoms with Gasteiger partial charge in [-0.25, -0.2) is 0 Å². The van der Waals surface area contributed by atoms with E-state index < -0.39 is 0 Å². The van der Waals surface area contributed by atoms with Crippen molar-refractivity contribution in [2.75, 3.05) is 0 Å². The van der Waals surface area contributed by atoms with Gasteiger partial charge >= 0.3 is 0 Å². The Morgan fingerprint density at radius 1 is 0.400 bits per heavy atom. The third kappa shape index (κ3) is 2.74. The van der Waals surface area contributed by atoms with Crippen molar-refractivity contribution < 1.29 is 0 Å². The van der Waals surface area contributed by atoms with E-state index in [1.165, 1.54) is 72.5 Å². The minimum absolute atomic E-state index is 0.697. The van der Waals surface area contributed by atoms with Gasteiger partial charge in [0.15, 0.2) is 0 Å². The van der Waals surface area contributed by atoms with Crippen LogP contribution in [0.15, 0.2) is 121 Å². The Bertz CT molecular complexity index is 1720. The van der Waals surface area contributed by atoms with E-state index in [0.29, 0.717) is 5.92 Å². The number of hydrogen-bond acceptors (Lipinski definition) is 0. The van der Waals surface area contributed by atoms with Gasteiger partial charge in [-0.1, -0.05) is 115 Å². The van der Waals surface area contributed by atoms with Gasteiger partial charge in [0.25, 0.3) is 0 Å². The molecule has 35 heavy (non-hydrogen) atoms. The molecule has 2 unspecified atom stereocenters. The molecule has 0 bridgehead atoms. The van der Waals surface area contributed by atoms with Gasteiger partial charge in [0.05, 0.1) is 0 Å². The monoisotopic (exact) mass is 444 g/mol. The predicted molar refractivity (Wildman–Crippen MR) is 148 cm³/mol. The normalized spacial score (nSPS) is 17.6. The summed E-state index contributed by atoms with van der Waals surface area (Å²) in [5.41, 5.74) is 11.2. The largest absolute Gasteiger partial charge is 0.0622 e. The van der Waals surface area contributed by atoms with Crippen molar-refractivity contribution in [3.63, 3.8) is 0 Å². The van der Waals surface area contributed by atoms with Gasteiger partial charge in [-0.15, -0.1) is 0 Å². The van der Waals surface area contributed by atoms with Crippen molar-refractivity contribution in [3.05, 3.63) is 132 Å². The molecule has 8 rings (SSSR count). The molecular formula is C35H24. The summed E-state index contributed by atoms with van der Waals surface area (Å²) in [5, 5.41) is 5.26. The fourth-order valence-electron chi connectivity index (χ4n) is 6.57. The molecule has 1 saturated carbocycles. The lowest BCUT2D eigenvalue weighted by molar-refractivity contribution is 1.01. The van der Waals surface area contributed by atoms with Crippen molar-refractivity contribution in [1.29, 1.82) is 0 Å². The summed E-state index contributed by atoms with van der Waals surface area (Å²) in [7, 11) is 0. The Kier molecular flexibility index (Phi) is 3.93. The van der Waals surface area contributed by atoms with Gasteiger partial charge in [-0.2, -0.15) is 0 Å². The van der Waals surface area contributed by atoms with E-state index >= 15 is 0 Å². The molecule has 2 aliphatic carbocycles. The van der Waals surface area contributed by atoms with Crippen LogP contribution in [0.25, 0.3) is 54.9 Å². The van der Waals surface area contributed by atoms with Gasteiger partial charge < -0.3 is 0 Å². The highest BCUT2D eigenvalue weighted by Crippen LogP contribution is 2.62. The molecule has 2 atom stereocenters. The summed E-state index contributed by atoms with van der Waals surface area (Å²) in [4.78, 5) is 0. The van der Waals surface area contributed by atoms with Gasteiger partial charge in [-0.3, -0.25) is 0 Å². The highest BCUT2D eigenvalue weighted by Gasteiger charge is 2.45. The third-order valence-corrected chi connectivity index (χ3v) is 8.18. The van der Waals surface area contributed by atoms with Crippen LogP contribution in [0, 0.1) is 0 Å². The molecule has 0 radical (unpaired) electrons. The van der Waals surface area contributed by atoms with E-state index in [4.69, 9.17) is 0 Å². The number of fused-ring (bicyclic) bond motifs is 8. The first-order valence-electron chi connectivity index (χ1n) is 12.6. The Balaban J connectivity index is 1.46. The Morgan fingerprint density at radius 2 is 0.914 bits per heavy atom. The zero-order valence-corrected chi connectivity index (χ0v) is 19.4. The van der Waals surface area contributed by atoms with Crippen LogP contribution >= 0.6 is 0 Å². The zero-order chi connectivity index (χ0) is 22.9. The van der Waals surface area contributed by atoms with E-state index in [2.05, 4.69) is 121 Å². The van der Waals surface area contributed by atoms with Crippen LogP contribution in [-0.2, 0) is 0 Å². The van der Waals surface area contributed by atoms with Gasteiger partial charge in [0, 0.05) is 0 Å². The molecule has 1 fully saturated rings. The van der Waals surface area contributed by atoms with Crippen LogP contribution in [0.3, 0.4) is 0 Å². The second kappa shape index (κ2) is 7.17. The molecule has 0 heteroatoms. The van der Waals surface area contributed by atoms with E-state index in [1.807, 2.05) is 0 Å². The average molecular weight is 445 g/mol. The Hall–Kier alpha value is -4.16. The molecule has 0 aliphatic heterocycles. The molecule has 6 aromatic carbocycles. The van der Waals surface area contributed by atoms with Crippen molar-refractivity contribution in [3.8, 4) is 33.4 Å². The first-order valence-corrected chi connectivity index (χ1v) is 12.6. The molecule has 0 amide bonds.